The largest absolute Gasteiger partial charge is 0.497 e. The molecule has 35 heavy (non-hydrogen) atoms. The lowest BCUT2D eigenvalue weighted by Gasteiger charge is -2.33. The molecule has 0 unspecified atom stereocenters. The van der Waals surface area contributed by atoms with E-state index in [4.69, 9.17) is 4.74 Å². The van der Waals surface area contributed by atoms with E-state index < -0.39 is 6.04 Å². The maximum Gasteiger partial charge on any atom is 0.243 e. The van der Waals surface area contributed by atoms with E-state index in [1.54, 1.807) is 24.1 Å². The van der Waals surface area contributed by atoms with Crippen LogP contribution in [0.2, 0.25) is 0 Å². The highest BCUT2D eigenvalue weighted by Gasteiger charge is 2.31. The van der Waals surface area contributed by atoms with Gasteiger partial charge in [0.25, 0.3) is 0 Å². The number of hydrogen-bond acceptors (Lipinski definition) is 3. The Bertz CT molecular complexity index is 1080. The summed E-state index contributed by atoms with van der Waals surface area (Å²) in [6.07, 6.45) is 1.04. The van der Waals surface area contributed by atoms with Gasteiger partial charge in [0.05, 0.1) is 7.11 Å². The summed E-state index contributed by atoms with van der Waals surface area (Å²) in [5, 5.41) is 3.03. The van der Waals surface area contributed by atoms with Crippen molar-refractivity contribution in [3.63, 3.8) is 0 Å². The van der Waals surface area contributed by atoms with Crippen LogP contribution in [0.4, 0.5) is 4.39 Å². The van der Waals surface area contributed by atoms with Gasteiger partial charge in [-0.2, -0.15) is 0 Å². The van der Waals surface area contributed by atoms with E-state index in [0.29, 0.717) is 19.4 Å². The van der Waals surface area contributed by atoms with E-state index in [1.807, 2.05) is 68.4 Å². The second-order valence-electron chi connectivity index (χ2n) is 8.84. The summed E-state index contributed by atoms with van der Waals surface area (Å²) in [5.41, 5.74) is 2.81. The Balaban J connectivity index is 1.80. The highest BCUT2D eigenvalue weighted by molar-refractivity contribution is 5.88. The molecule has 1 N–H and O–H groups in total. The molecule has 0 aliphatic carbocycles. The zero-order valence-electron chi connectivity index (χ0n) is 20.5. The van der Waals surface area contributed by atoms with Gasteiger partial charge in [-0.1, -0.05) is 68.4 Å². The molecule has 2 amide bonds. The Labute approximate surface area is 206 Å². The van der Waals surface area contributed by atoms with Gasteiger partial charge in [-0.3, -0.25) is 9.59 Å². The predicted octanol–water partition coefficient (Wildman–Crippen LogP) is 4.79. The molecule has 0 spiro atoms. The molecule has 5 nitrogen and oxygen atoms in total. The van der Waals surface area contributed by atoms with E-state index in [0.717, 1.165) is 22.4 Å². The summed E-state index contributed by atoms with van der Waals surface area (Å²) >= 11 is 0. The van der Waals surface area contributed by atoms with Crippen molar-refractivity contribution in [1.29, 1.82) is 0 Å². The molecule has 1 atom stereocenters. The van der Waals surface area contributed by atoms with E-state index in [2.05, 4.69) is 5.32 Å². The molecular formula is C29H33FN2O3. The molecule has 0 fully saturated rings. The lowest BCUT2D eigenvalue weighted by atomic mass is 10.0. The molecular weight excluding hydrogens is 443 g/mol. The van der Waals surface area contributed by atoms with Crippen LogP contribution in [-0.4, -0.2) is 36.4 Å². The van der Waals surface area contributed by atoms with Crippen molar-refractivity contribution in [1.82, 2.24) is 10.2 Å². The molecule has 0 aliphatic rings. The molecule has 3 rings (SSSR count). The van der Waals surface area contributed by atoms with Crippen molar-refractivity contribution in [2.45, 2.75) is 39.3 Å². The molecule has 184 valence electrons. The molecule has 6 heteroatoms. The maximum atomic E-state index is 13.5. The lowest BCUT2D eigenvalue weighted by Crippen LogP contribution is -2.51. The number of nitrogens with zero attached hydrogens (tertiary/aromatic N) is 1. The fraction of sp³-hybridized carbons (Fsp3) is 0.310. The van der Waals surface area contributed by atoms with Gasteiger partial charge in [0, 0.05) is 25.4 Å². The van der Waals surface area contributed by atoms with Crippen LogP contribution in [0, 0.1) is 11.7 Å². The third-order valence-electron chi connectivity index (χ3n) is 5.87. The average molecular weight is 477 g/mol. The zero-order chi connectivity index (χ0) is 25.2. The normalized spacial score (nSPS) is 11.7. The molecule has 0 heterocycles. The van der Waals surface area contributed by atoms with Gasteiger partial charge >= 0.3 is 0 Å². The Morgan fingerprint density at radius 3 is 2.11 bits per heavy atom. The number of nitrogens with one attached hydrogen (secondary N) is 1. The number of carbonyl (C=O) groups excluding carboxylic acids is 2. The van der Waals surface area contributed by atoms with Crippen LogP contribution in [0.1, 0.15) is 30.5 Å². The highest BCUT2D eigenvalue weighted by Crippen LogP contribution is 2.18. The molecule has 0 aromatic heterocycles. The lowest BCUT2D eigenvalue weighted by molar-refractivity contribution is -0.143. The Morgan fingerprint density at radius 1 is 0.886 bits per heavy atom. The minimum absolute atomic E-state index is 0.124. The third-order valence-corrected chi connectivity index (χ3v) is 5.87. The zero-order valence-corrected chi connectivity index (χ0v) is 20.5. The summed E-state index contributed by atoms with van der Waals surface area (Å²) in [5.74, 6) is -0.184. The number of methoxy groups -OCH3 is 1. The maximum absolute atomic E-state index is 13.5. The Morgan fingerprint density at radius 2 is 1.51 bits per heavy atom. The molecule has 3 aromatic rings. The fourth-order valence-corrected chi connectivity index (χ4v) is 3.88. The third kappa shape index (κ3) is 7.67. The van der Waals surface area contributed by atoms with Gasteiger partial charge < -0.3 is 15.0 Å². The van der Waals surface area contributed by atoms with E-state index in [9.17, 15) is 14.0 Å². The fourth-order valence-electron chi connectivity index (χ4n) is 3.88. The molecule has 0 radical (unpaired) electrons. The van der Waals surface area contributed by atoms with Crippen LogP contribution in [-0.2, 0) is 29.0 Å². The Kier molecular flexibility index (Phi) is 9.41. The molecule has 0 aliphatic heterocycles. The second kappa shape index (κ2) is 12.7. The van der Waals surface area contributed by atoms with Gasteiger partial charge in [0.15, 0.2) is 0 Å². The number of halogens is 1. The van der Waals surface area contributed by atoms with Gasteiger partial charge in [0.2, 0.25) is 11.8 Å². The summed E-state index contributed by atoms with van der Waals surface area (Å²) in [6, 6.07) is 22.7. The molecule has 0 saturated heterocycles. The quantitative estimate of drug-likeness (QED) is 0.433. The van der Waals surface area contributed by atoms with E-state index in [-0.39, 0.29) is 30.1 Å². The summed E-state index contributed by atoms with van der Waals surface area (Å²) in [4.78, 5) is 28.4. The number of carbonyl (C=O) groups is 2. The standard InChI is InChI=1S/C29H33FN2O3/c1-21(2)29(34)32(20-24-9-13-25(30)14-10-24)27(19-23-7-5-4-6-8-23)28(33)31-18-17-22-11-15-26(35-3)16-12-22/h4-16,21,27H,17-20H2,1-3H3,(H,31,33)/t27-/m0/s1. The van der Waals surface area contributed by atoms with Crippen molar-refractivity contribution < 1.29 is 18.7 Å². The highest BCUT2D eigenvalue weighted by atomic mass is 19.1. The number of benzene rings is 3. The Hall–Kier alpha value is -3.67. The van der Waals surface area contributed by atoms with Crippen LogP contribution >= 0.6 is 0 Å². The summed E-state index contributed by atoms with van der Waals surface area (Å²) in [6.45, 7) is 4.31. The van der Waals surface area contributed by atoms with Crippen LogP contribution in [0.25, 0.3) is 0 Å². The van der Waals surface area contributed by atoms with Crippen molar-refractivity contribution in [2.24, 2.45) is 5.92 Å². The minimum atomic E-state index is -0.701. The van der Waals surface area contributed by atoms with Gasteiger partial charge in [-0.25, -0.2) is 4.39 Å². The first-order valence-corrected chi connectivity index (χ1v) is 11.9. The van der Waals surface area contributed by atoms with Crippen LogP contribution in [0.3, 0.4) is 0 Å². The topological polar surface area (TPSA) is 58.6 Å². The van der Waals surface area contributed by atoms with E-state index in [1.165, 1.54) is 12.1 Å². The van der Waals surface area contributed by atoms with Crippen LogP contribution < -0.4 is 10.1 Å². The molecule has 0 saturated carbocycles. The van der Waals surface area contributed by atoms with Crippen molar-refractivity contribution in [3.05, 3.63) is 101 Å². The summed E-state index contributed by atoms with van der Waals surface area (Å²) < 4.78 is 18.7. The number of hydrogen-bond donors (Lipinski definition) is 1. The molecule has 0 bridgehead atoms. The van der Waals surface area contributed by atoms with Crippen LogP contribution in [0.15, 0.2) is 78.9 Å². The first-order chi connectivity index (χ1) is 16.9. The number of ether oxygens (including phenoxy) is 1. The first kappa shape index (κ1) is 25.9. The van der Waals surface area contributed by atoms with Gasteiger partial charge in [0.1, 0.15) is 17.6 Å². The first-order valence-electron chi connectivity index (χ1n) is 11.9. The summed E-state index contributed by atoms with van der Waals surface area (Å²) in [7, 11) is 1.62. The van der Waals surface area contributed by atoms with Crippen molar-refractivity contribution in [2.75, 3.05) is 13.7 Å². The van der Waals surface area contributed by atoms with Gasteiger partial charge in [-0.15, -0.1) is 0 Å². The minimum Gasteiger partial charge on any atom is -0.497 e. The predicted molar refractivity (Wildman–Crippen MR) is 135 cm³/mol. The van der Waals surface area contributed by atoms with E-state index >= 15 is 0 Å². The second-order valence-corrected chi connectivity index (χ2v) is 8.84. The SMILES string of the molecule is COc1ccc(CCNC(=O)[C@H](Cc2ccccc2)N(Cc2ccc(F)cc2)C(=O)C(C)C)cc1. The van der Waals surface area contributed by atoms with Crippen molar-refractivity contribution >= 4 is 11.8 Å². The van der Waals surface area contributed by atoms with Crippen LogP contribution in [0.5, 0.6) is 5.75 Å². The average Bonchev–Trinajstić information content (AvgIpc) is 2.87. The molecule has 3 aromatic carbocycles. The van der Waals surface area contributed by atoms with Gasteiger partial charge in [-0.05, 0) is 47.4 Å². The van der Waals surface area contributed by atoms with Crippen molar-refractivity contribution in [3.8, 4) is 5.75 Å². The number of rotatable bonds is 11. The number of amides is 2. The monoisotopic (exact) mass is 476 g/mol. The smallest absolute Gasteiger partial charge is 0.243 e.